The van der Waals surface area contributed by atoms with Gasteiger partial charge < -0.3 is 0 Å². The van der Waals surface area contributed by atoms with E-state index >= 15 is 0 Å². The van der Waals surface area contributed by atoms with Gasteiger partial charge in [-0.2, -0.15) is 18.3 Å². The topological polar surface area (TPSA) is 59.8 Å². The highest BCUT2D eigenvalue weighted by Gasteiger charge is 2.40. The molecule has 158 valence electrons. The predicted molar refractivity (Wildman–Crippen MR) is 114 cm³/mol. The van der Waals surface area contributed by atoms with E-state index in [1.165, 1.54) is 24.3 Å². The molecule has 31 heavy (non-hydrogen) atoms. The van der Waals surface area contributed by atoms with Crippen molar-refractivity contribution in [2.75, 3.05) is 5.32 Å². The molecule has 0 saturated carbocycles. The summed E-state index contributed by atoms with van der Waals surface area (Å²) in [5.74, 6) is -0.953. The molecule has 4 rings (SSSR count). The molecule has 2 aromatic carbocycles. The Balaban J connectivity index is 1.66. The van der Waals surface area contributed by atoms with Crippen molar-refractivity contribution in [3.8, 4) is 16.9 Å². The van der Waals surface area contributed by atoms with E-state index in [1.54, 1.807) is 5.38 Å². The second-order valence-corrected chi connectivity index (χ2v) is 7.90. The second-order valence-electron chi connectivity index (χ2n) is 6.60. The van der Waals surface area contributed by atoms with Gasteiger partial charge in [0.2, 0.25) is 0 Å². The average Bonchev–Trinajstić information content (AvgIpc) is 3.35. The average molecular weight is 463 g/mol. The molecule has 1 amide bonds. The van der Waals surface area contributed by atoms with Crippen molar-refractivity contribution in [1.29, 1.82) is 0 Å². The van der Waals surface area contributed by atoms with Gasteiger partial charge in [-0.3, -0.25) is 10.1 Å². The molecule has 0 spiro atoms. The van der Waals surface area contributed by atoms with Gasteiger partial charge >= 0.3 is 6.18 Å². The summed E-state index contributed by atoms with van der Waals surface area (Å²) in [4.78, 5) is 17.0. The number of hydrogen-bond acceptors (Lipinski definition) is 4. The van der Waals surface area contributed by atoms with Crippen LogP contribution in [0.5, 0.6) is 0 Å². The van der Waals surface area contributed by atoms with Crippen molar-refractivity contribution in [3.63, 3.8) is 0 Å². The minimum absolute atomic E-state index is 0.0926. The first-order chi connectivity index (χ1) is 14.7. The Morgan fingerprint density at radius 1 is 1.16 bits per heavy atom. The monoisotopic (exact) mass is 462 g/mol. The van der Waals surface area contributed by atoms with E-state index in [4.69, 9.17) is 11.6 Å². The Bertz CT molecular complexity index is 1270. The lowest BCUT2D eigenvalue weighted by Gasteiger charge is -2.12. The number of carbonyl (C=O) groups is 1. The normalized spacial score (nSPS) is 11.5. The van der Waals surface area contributed by atoms with Crippen molar-refractivity contribution in [1.82, 2.24) is 14.8 Å². The quantitative estimate of drug-likeness (QED) is 0.391. The van der Waals surface area contributed by atoms with Crippen LogP contribution in [0.3, 0.4) is 0 Å². The van der Waals surface area contributed by atoms with Gasteiger partial charge in [0.1, 0.15) is 0 Å². The lowest BCUT2D eigenvalue weighted by Crippen LogP contribution is -2.20. The molecule has 5 nitrogen and oxygen atoms in total. The van der Waals surface area contributed by atoms with Crippen LogP contribution in [0.2, 0.25) is 5.02 Å². The zero-order chi connectivity index (χ0) is 22.2. The highest BCUT2D eigenvalue weighted by molar-refractivity contribution is 7.14. The largest absolute Gasteiger partial charge is 0.434 e. The van der Waals surface area contributed by atoms with Gasteiger partial charge in [-0.15, -0.1) is 11.3 Å². The number of aromatic nitrogens is 3. The van der Waals surface area contributed by atoms with Gasteiger partial charge in [0, 0.05) is 16.0 Å². The number of anilines is 1. The fraction of sp³-hybridized carbons (Fsp3) is 0.0952. The molecule has 0 radical (unpaired) electrons. The van der Waals surface area contributed by atoms with Crippen LogP contribution in [0.1, 0.15) is 21.6 Å². The molecular weight excluding hydrogens is 449 g/mol. The van der Waals surface area contributed by atoms with Crippen molar-refractivity contribution in [2.45, 2.75) is 13.1 Å². The number of halogens is 4. The third-order valence-corrected chi connectivity index (χ3v) is 5.47. The van der Waals surface area contributed by atoms with Gasteiger partial charge in [0.15, 0.2) is 10.8 Å². The maximum absolute atomic E-state index is 13.8. The molecule has 0 fully saturated rings. The number of rotatable bonds is 4. The maximum Gasteiger partial charge on any atom is 0.434 e. The van der Waals surface area contributed by atoms with Gasteiger partial charge in [-0.1, -0.05) is 41.9 Å². The Hall–Kier alpha value is -3.17. The van der Waals surface area contributed by atoms with Crippen LogP contribution >= 0.6 is 22.9 Å². The number of hydrogen-bond donors (Lipinski definition) is 1. The van der Waals surface area contributed by atoms with Crippen LogP contribution in [-0.4, -0.2) is 20.7 Å². The summed E-state index contributed by atoms with van der Waals surface area (Å²) in [5.41, 5.74) is 0.791. The number of nitrogens with zero attached hydrogens (tertiary/aromatic N) is 3. The molecule has 0 aliphatic rings. The number of alkyl halides is 3. The summed E-state index contributed by atoms with van der Waals surface area (Å²) in [5, 5.41) is 8.40. The Kier molecular flexibility index (Phi) is 5.55. The first-order valence-electron chi connectivity index (χ1n) is 8.98. The van der Waals surface area contributed by atoms with E-state index < -0.39 is 23.3 Å². The Labute approximate surface area is 184 Å². The molecule has 0 saturated heterocycles. The molecule has 0 atom stereocenters. The standard InChI is InChI=1S/C21H14ClF3N4OS/c1-12-5-2-3-8-15(12)17-11-31-20(27-17)28-19(30)16-10-26-29(18(16)21(23,24)25)14-7-4-6-13(22)9-14/h2-11H,1H3,(H,27,28,30). The van der Waals surface area contributed by atoms with Crippen molar-refractivity contribution >= 4 is 34.0 Å². The molecule has 10 heteroatoms. The van der Waals surface area contributed by atoms with Crippen LogP contribution in [-0.2, 0) is 6.18 Å². The van der Waals surface area contributed by atoms with Crippen LogP contribution in [0, 0.1) is 6.92 Å². The van der Waals surface area contributed by atoms with E-state index in [0.29, 0.717) is 10.4 Å². The molecule has 2 aromatic heterocycles. The van der Waals surface area contributed by atoms with Crippen LogP contribution < -0.4 is 5.32 Å². The van der Waals surface area contributed by atoms with E-state index in [2.05, 4.69) is 15.4 Å². The molecule has 0 unspecified atom stereocenters. The van der Waals surface area contributed by atoms with Crippen LogP contribution in [0.25, 0.3) is 16.9 Å². The molecule has 1 N–H and O–H groups in total. The van der Waals surface area contributed by atoms with Crippen LogP contribution in [0.4, 0.5) is 18.3 Å². The zero-order valence-electron chi connectivity index (χ0n) is 15.9. The Morgan fingerprint density at radius 3 is 2.65 bits per heavy atom. The Morgan fingerprint density at radius 2 is 1.94 bits per heavy atom. The maximum atomic E-state index is 13.8. The highest BCUT2D eigenvalue weighted by Crippen LogP contribution is 2.35. The molecule has 0 aliphatic heterocycles. The molecule has 4 aromatic rings. The van der Waals surface area contributed by atoms with Gasteiger partial charge in [-0.05, 0) is 30.7 Å². The molecule has 0 aliphatic carbocycles. The minimum atomic E-state index is -4.82. The van der Waals surface area contributed by atoms with E-state index in [-0.39, 0.29) is 15.8 Å². The summed E-state index contributed by atoms with van der Waals surface area (Å²) in [6.45, 7) is 1.92. The van der Waals surface area contributed by atoms with Crippen molar-refractivity contribution in [2.24, 2.45) is 0 Å². The minimum Gasteiger partial charge on any atom is -0.298 e. The first-order valence-corrected chi connectivity index (χ1v) is 10.2. The predicted octanol–water partition coefficient (Wildman–Crippen LogP) is 6.23. The highest BCUT2D eigenvalue weighted by atomic mass is 35.5. The summed E-state index contributed by atoms with van der Waals surface area (Å²) >= 11 is 7.02. The lowest BCUT2D eigenvalue weighted by molar-refractivity contribution is -0.143. The number of benzene rings is 2. The summed E-state index contributed by atoms with van der Waals surface area (Å²) in [6, 6.07) is 13.3. The third kappa shape index (κ3) is 4.33. The summed E-state index contributed by atoms with van der Waals surface area (Å²) < 4.78 is 42.1. The third-order valence-electron chi connectivity index (χ3n) is 4.48. The summed E-state index contributed by atoms with van der Waals surface area (Å²) in [7, 11) is 0. The van der Waals surface area contributed by atoms with Crippen molar-refractivity contribution < 1.29 is 18.0 Å². The number of amides is 1. The van der Waals surface area contributed by atoms with Crippen molar-refractivity contribution in [3.05, 3.63) is 82.0 Å². The van der Waals surface area contributed by atoms with Gasteiger partial charge in [0.25, 0.3) is 5.91 Å². The molecule has 2 heterocycles. The zero-order valence-corrected chi connectivity index (χ0v) is 17.5. The lowest BCUT2D eigenvalue weighted by atomic mass is 10.1. The van der Waals surface area contributed by atoms with Gasteiger partial charge in [0.05, 0.1) is 23.1 Å². The SMILES string of the molecule is Cc1ccccc1-c1csc(NC(=O)c2cnn(-c3cccc(Cl)c3)c2C(F)(F)F)n1. The van der Waals surface area contributed by atoms with E-state index in [9.17, 15) is 18.0 Å². The number of thiazole rings is 1. The smallest absolute Gasteiger partial charge is 0.298 e. The van der Waals surface area contributed by atoms with E-state index in [1.807, 2.05) is 31.2 Å². The fourth-order valence-corrected chi connectivity index (χ4v) is 3.96. The molecule has 0 bridgehead atoms. The van der Waals surface area contributed by atoms with Gasteiger partial charge in [-0.25, -0.2) is 9.67 Å². The molecular formula is C21H14ClF3N4OS. The summed E-state index contributed by atoms with van der Waals surface area (Å²) in [6.07, 6.45) is -3.93. The fourth-order valence-electron chi connectivity index (χ4n) is 3.07. The number of nitrogens with one attached hydrogen (secondary N) is 1. The first kappa shape index (κ1) is 21.1. The second kappa shape index (κ2) is 8.16. The van der Waals surface area contributed by atoms with Crippen LogP contribution in [0.15, 0.2) is 60.1 Å². The number of aryl methyl sites for hydroxylation is 1. The van der Waals surface area contributed by atoms with E-state index in [0.717, 1.165) is 28.7 Å². The number of carbonyl (C=O) groups excluding carboxylic acids is 1.